The van der Waals surface area contributed by atoms with Crippen LogP contribution in [-0.2, 0) is 28.6 Å². The molecule has 0 N–H and O–H groups in total. The predicted molar refractivity (Wildman–Crippen MR) is 265 cm³/mol. The molecule has 6 nitrogen and oxygen atoms in total. The quantitative estimate of drug-likeness (QED) is 0.0263. The monoisotopic (exact) mass is 863 g/mol. The van der Waals surface area contributed by atoms with Gasteiger partial charge in [0.2, 0.25) is 0 Å². The molecule has 62 heavy (non-hydrogen) atoms. The maximum atomic E-state index is 12.8. The number of hydrogen-bond acceptors (Lipinski definition) is 6. The van der Waals surface area contributed by atoms with Crippen molar-refractivity contribution in [2.75, 3.05) is 13.2 Å². The van der Waals surface area contributed by atoms with E-state index in [1.54, 1.807) is 0 Å². The van der Waals surface area contributed by atoms with Crippen LogP contribution in [0.15, 0.2) is 85.1 Å². The van der Waals surface area contributed by atoms with E-state index in [2.05, 4.69) is 99.8 Å². The average molecular weight is 863 g/mol. The summed E-state index contributed by atoms with van der Waals surface area (Å²) in [5, 5.41) is 0. The van der Waals surface area contributed by atoms with Crippen LogP contribution in [0.2, 0.25) is 0 Å². The summed E-state index contributed by atoms with van der Waals surface area (Å²) in [6.07, 6.45) is 64.4. The number of unbranched alkanes of at least 4 members (excludes halogenated alkanes) is 20. The minimum absolute atomic E-state index is 0.106. The Morgan fingerprint density at radius 3 is 1.08 bits per heavy atom. The van der Waals surface area contributed by atoms with Crippen LogP contribution < -0.4 is 0 Å². The van der Waals surface area contributed by atoms with Gasteiger partial charge in [-0.15, -0.1) is 0 Å². The van der Waals surface area contributed by atoms with Gasteiger partial charge < -0.3 is 14.2 Å². The molecule has 0 aromatic carbocycles. The van der Waals surface area contributed by atoms with Crippen molar-refractivity contribution in [2.45, 2.75) is 239 Å². The molecule has 0 rings (SSSR count). The fourth-order valence-corrected chi connectivity index (χ4v) is 6.88. The van der Waals surface area contributed by atoms with Crippen molar-refractivity contribution in [1.29, 1.82) is 0 Å². The van der Waals surface area contributed by atoms with E-state index in [0.29, 0.717) is 19.3 Å². The molecule has 1 unspecified atom stereocenters. The Hall–Kier alpha value is -3.41. The highest BCUT2D eigenvalue weighted by Crippen LogP contribution is 2.15. The highest BCUT2D eigenvalue weighted by molar-refractivity contribution is 5.71. The van der Waals surface area contributed by atoms with Crippen LogP contribution in [0.25, 0.3) is 0 Å². The minimum atomic E-state index is -0.810. The molecule has 354 valence electrons. The first kappa shape index (κ1) is 58.6. The highest BCUT2D eigenvalue weighted by atomic mass is 16.6. The van der Waals surface area contributed by atoms with E-state index in [-0.39, 0.29) is 37.5 Å². The second-order valence-corrected chi connectivity index (χ2v) is 16.7. The number of esters is 3. The molecular formula is C56H94O6. The molecule has 0 amide bonds. The van der Waals surface area contributed by atoms with E-state index in [0.717, 1.165) is 103 Å². The Morgan fingerprint density at radius 2 is 0.661 bits per heavy atom. The number of rotatable bonds is 45. The topological polar surface area (TPSA) is 78.9 Å². The van der Waals surface area contributed by atoms with E-state index in [4.69, 9.17) is 14.2 Å². The molecule has 1 atom stereocenters. The molecule has 0 radical (unpaired) electrons. The first-order valence-corrected chi connectivity index (χ1v) is 25.6. The molecular weight excluding hydrogens is 769 g/mol. The zero-order chi connectivity index (χ0) is 45.1. The van der Waals surface area contributed by atoms with Crippen LogP contribution in [0.4, 0.5) is 0 Å². The number of carbonyl (C=O) groups excluding carboxylic acids is 3. The van der Waals surface area contributed by atoms with Gasteiger partial charge in [0.15, 0.2) is 6.10 Å². The minimum Gasteiger partial charge on any atom is -0.462 e. The maximum Gasteiger partial charge on any atom is 0.306 e. The van der Waals surface area contributed by atoms with Crippen molar-refractivity contribution in [3.8, 4) is 0 Å². The Balaban J connectivity index is 4.48. The Labute approximate surface area is 382 Å². The van der Waals surface area contributed by atoms with Crippen LogP contribution in [-0.4, -0.2) is 37.2 Å². The van der Waals surface area contributed by atoms with Crippen LogP contribution >= 0.6 is 0 Å². The molecule has 0 aliphatic heterocycles. The van der Waals surface area contributed by atoms with Crippen LogP contribution in [0.3, 0.4) is 0 Å². The molecule has 0 spiro atoms. The first-order chi connectivity index (χ1) is 30.5. The summed E-state index contributed by atoms with van der Waals surface area (Å²) >= 11 is 0. The number of allylic oxidation sites excluding steroid dienone is 14. The summed E-state index contributed by atoms with van der Waals surface area (Å²) in [6.45, 7) is 6.34. The normalized spacial score (nSPS) is 12.8. The lowest BCUT2D eigenvalue weighted by molar-refractivity contribution is -0.166. The van der Waals surface area contributed by atoms with Gasteiger partial charge >= 0.3 is 17.9 Å². The third-order valence-electron chi connectivity index (χ3n) is 10.7. The van der Waals surface area contributed by atoms with Crippen LogP contribution in [0.5, 0.6) is 0 Å². The lowest BCUT2D eigenvalue weighted by atomic mass is 10.0. The smallest absolute Gasteiger partial charge is 0.306 e. The zero-order valence-electron chi connectivity index (χ0n) is 40.4. The third-order valence-corrected chi connectivity index (χ3v) is 10.7. The van der Waals surface area contributed by atoms with Crippen LogP contribution in [0.1, 0.15) is 233 Å². The van der Waals surface area contributed by atoms with Crippen molar-refractivity contribution >= 4 is 17.9 Å². The summed E-state index contributed by atoms with van der Waals surface area (Å²) in [6, 6.07) is 0. The van der Waals surface area contributed by atoms with Gasteiger partial charge in [-0.1, -0.05) is 221 Å². The Bertz CT molecular complexity index is 1220. The van der Waals surface area contributed by atoms with Gasteiger partial charge in [0, 0.05) is 19.3 Å². The van der Waals surface area contributed by atoms with E-state index >= 15 is 0 Å². The SMILES string of the molecule is CC/C=C\C/C=C\C/C=C\C/C=C\C/C=C\CCC(=O)OCC(COC(=O)CCCCCCC/C=C\C/C=C\CC)OC(=O)CCCCCCCCCCCCCCCCCC. The zero-order valence-corrected chi connectivity index (χ0v) is 40.4. The molecule has 0 aliphatic carbocycles. The third kappa shape index (κ3) is 47.6. The summed E-state index contributed by atoms with van der Waals surface area (Å²) < 4.78 is 16.7. The number of carbonyl (C=O) groups is 3. The number of hydrogen-bond donors (Lipinski definition) is 0. The lowest BCUT2D eigenvalue weighted by Gasteiger charge is -2.18. The standard InChI is InChI=1S/C56H94O6/c1-4-7-10-13-16-19-22-25-27-29-31-34-37-40-43-46-49-55(58)61-52-53(51-60-54(57)48-45-42-39-36-33-24-21-18-15-12-9-6-3)62-56(59)50-47-44-41-38-35-32-30-28-26-23-20-17-14-11-8-5-2/h7,9-10,12,16,18-19,21,25,27,31,34,40,43,53H,4-6,8,11,13-15,17,20,22-24,26,28-30,32-33,35-39,41-42,44-52H2,1-3H3/b10-7-,12-9-,19-16-,21-18-,27-25-,34-31-,43-40-. The van der Waals surface area contributed by atoms with Gasteiger partial charge in [0.05, 0.1) is 0 Å². The van der Waals surface area contributed by atoms with E-state index in [9.17, 15) is 14.4 Å². The molecule has 0 bridgehead atoms. The summed E-state index contributed by atoms with van der Waals surface area (Å²) in [5.74, 6) is -1.00. The predicted octanol–water partition coefficient (Wildman–Crippen LogP) is 16.8. The van der Waals surface area contributed by atoms with Crippen LogP contribution in [0, 0.1) is 0 Å². The first-order valence-electron chi connectivity index (χ1n) is 25.6. The molecule has 0 saturated carbocycles. The molecule has 0 heterocycles. The van der Waals surface area contributed by atoms with E-state index < -0.39 is 6.10 Å². The van der Waals surface area contributed by atoms with Crippen molar-refractivity contribution < 1.29 is 28.6 Å². The summed E-state index contributed by atoms with van der Waals surface area (Å²) in [5.41, 5.74) is 0. The number of ether oxygens (including phenoxy) is 3. The molecule has 0 saturated heterocycles. The van der Waals surface area contributed by atoms with Gasteiger partial charge in [0.25, 0.3) is 0 Å². The second-order valence-electron chi connectivity index (χ2n) is 16.7. The summed E-state index contributed by atoms with van der Waals surface area (Å²) in [4.78, 5) is 37.9. The van der Waals surface area contributed by atoms with Gasteiger partial charge in [-0.2, -0.15) is 0 Å². The van der Waals surface area contributed by atoms with E-state index in [1.165, 1.54) is 83.5 Å². The largest absolute Gasteiger partial charge is 0.462 e. The van der Waals surface area contributed by atoms with Crippen molar-refractivity contribution in [1.82, 2.24) is 0 Å². The van der Waals surface area contributed by atoms with Gasteiger partial charge in [-0.05, 0) is 77.0 Å². The molecule has 0 fully saturated rings. The second kappa shape index (κ2) is 50.2. The van der Waals surface area contributed by atoms with Crippen molar-refractivity contribution in [2.24, 2.45) is 0 Å². The molecule has 0 aromatic heterocycles. The van der Waals surface area contributed by atoms with Gasteiger partial charge in [-0.3, -0.25) is 14.4 Å². The fourth-order valence-electron chi connectivity index (χ4n) is 6.88. The Kier molecular flexibility index (Phi) is 47.5. The lowest BCUT2D eigenvalue weighted by Crippen LogP contribution is -2.30. The molecule has 0 aromatic rings. The fraction of sp³-hybridized carbons (Fsp3) is 0.696. The van der Waals surface area contributed by atoms with Crippen molar-refractivity contribution in [3.05, 3.63) is 85.1 Å². The van der Waals surface area contributed by atoms with Gasteiger partial charge in [-0.25, -0.2) is 0 Å². The van der Waals surface area contributed by atoms with E-state index in [1.807, 2.05) is 6.08 Å². The maximum absolute atomic E-state index is 12.8. The highest BCUT2D eigenvalue weighted by Gasteiger charge is 2.19. The molecule has 0 aliphatic rings. The van der Waals surface area contributed by atoms with Gasteiger partial charge in [0.1, 0.15) is 13.2 Å². The van der Waals surface area contributed by atoms with Crippen molar-refractivity contribution in [3.63, 3.8) is 0 Å². The summed E-state index contributed by atoms with van der Waals surface area (Å²) in [7, 11) is 0. The molecule has 6 heteroatoms. The average Bonchev–Trinajstić information content (AvgIpc) is 3.27. The Morgan fingerprint density at radius 1 is 0.339 bits per heavy atom.